The van der Waals surface area contributed by atoms with Gasteiger partial charge in [0.1, 0.15) is 0 Å². The Morgan fingerprint density at radius 3 is 2.92 bits per heavy atom. The highest BCUT2D eigenvalue weighted by Crippen LogP contribution is 2.29. The zero-order valence-electron chi connectivity index (χ0n) is 13.9. The second-order valence-corrected chi connectivity index (χ2v) is 7.53. The molecule has 0 radical (unpaired) electrons. The third kappa shape index (κ3) is 4.26. The Kier molecular flexibility index (Phi) is 5.49. The van der Waals surface area contributed by atoms with Gasteiger partial charge in [-0.15, -0.1) is 21.5 Å². The summed E-state index contributed by atoms with van der Waals surface area (Å²) in [6.07, 6.45) is 0.224. The maximum Gasteiger partial charge on any atom is 0.237 e. The number of hydrogen-bond donors (Lipinski definition) is 1. The summed E-state index contributed by atoms with van der Waals surface area (Å²) < 4.78 is 7.16. The van der Waals surface area contributed by atoms with Gasteiger partial charge in [-0.05, 0) is 11.4 Å². The molecule has 0 saturated heterocycles. The van der Waals surface area contributed by atoms with Gasteiger partial charge >= 0.3 is 0 Å². The van der Waals surface area contributed by atoms with Gasteiger partial charge in [0, 0.05) is 18.9 Å². The first-order valence-electron chi connectivity index (χ1n) is 7.75. The van der Waals surface area contributed by atoms with Gasteiger partial charge in [-0.2, -0.15) is 4.98 Å². The van der Waals surface area contributed by atoms with Crippen LogP contribution in [-0.2, 0) is 17.1 Å². The number of nitrogens with two attached hydrogens (primary N) is 1. The lowest BCUT2D eigenvalue weighted by molar-refractivity contribution is -0.118. The predicted molar refractivity (Wildman–Crippen MR) is 95.1 cm³/mol. The van der Waals surface area contributed by atoms with Gasteiger partial charge in [-0.25, -0.2) is 0 Å². The number of rotatable bonds is 8. The van der Waals surface area contributed by atoms with E-state index in [1.54, 1.807) is 11.3 Å². The average Bonchev–Trinajstić information content (AvgIpc) is 3.30. The molecule has 1 amide bonds. The van der Waals surface area contributed by atoms with Gasteiger partial charge in [0.25, 0.3) is 0 Å². The fraction of sp³-hybridized carbons (Fsp3) is 0.400. The number of amides is 1. The summed E-state index contributed by atoms with van der Waals surface area (Å²) in [7, 11) is 0. The molecule has 0 aromatic carbocycles. The van der Waals surface area contributed by atoms with Crippen LogP contribution in [0.1, 0.15) is 37.9 Å². The molecule has 0 atom stereocenters. The standard InChI is InChI=1S/C15H18N6O2S2/c1-9(2)13-17-12(23-20-13)8-25-15-19-18-14(10-4-3-7-24-10)21(15)6-5-11(16)22/h3-4,7,9H,5-6,8H2,1-2H3,(H2,16,22). The van der Waals surface area contributed by atoms with Crippen LogP contribution >= 0.6 is 23.1 Å². The van der Waals surface area contributed by atoms with Crippen molar-refractivity contribution >= 4 is 29.0 Å². The summed E-state index contributed by atoms with van der Waals surface area (Å²) in [4.78, 5) is 16.5. The third-order valence-corrected chi connectivity index (χ3v) is 5.18. The van der Waals surface area contributed by atoms with Crippen LogP contribution in [0.15, 0.2) is 27.2 Å². The Balaban J connectivity index is 1.78. The highest BCUT2D eigenvalue weighted by atomic mass is 32.2. The number of nitrogens with zero attached hydrogens (tertiary/aromatic N) is 5. The molecular weight excluding hydrogens is 360 g/mol. The Morgan fingerprint density at radius 2 is 2.28 bits per heavy atom. The highest BCUT2D eigenvalue weighted by molar-refractivity contribution is 7.98. The monoisotopic (exact) mass is 378 g/mol. The predicted octanol–water partition coefficient (Wildman–Crippen LogP) is 2.68. The van der Waals surface area contributed by atoms with Crippen molar-refractivity contribution in [3.63, 3.8) is 0 Å². The minimum atomic E-state index is -0.361. The summed E-state index contributed by atoms with van der Waals surface area (Å²) >= 11 is 3.01. The van der Waals surface area contributed by atoms with Gasteiger partial charge in [-0.3, -0.25) is 4.79 Å². The van der Waals surface area contributed by atoms with Gasteiger partial charge in [-0.1, -0.05) is 36.8 Å². The Bertz CT molecular complexity index is 840. The molecule has 0 spiro atoms. The molecule has 0 aliphatic carbocycles. The van der Waals surface area contributed by atoms with Gasteiger partial charge in [0.05, 0.1) is 10.6 Å². The van der Waals surface area contributed by atoms with E-state index in [-0.39, 0.29) is 18.2 Å². The van der Waals surface area contributed by atoms with Crippen LogP contribution in [0, 0.1) is 0 Å². The fourth-order valence-electron chi connectivity index (χ4n) is 2.09. The molecular formula is C15H18N6O2S2. The maximum atomic E-state index is 11.2. The fourth-order valence-corrected chi connectivity index (χ4v) is 3.61. The number of thioether (sulfide) groups is 1. The number of primary amides is 1. The molecule has 3 aromatic rings. The van der Waals surface area contributed by atoms with Crippen LogP contribution in [0.25, 0.3) is 10.7 Å². The Labute approximate surface area is 152 Å². The molecule has 2 N–H and O–H groups in total. The van der Waals surface area contributed by atoms with E-state index in [1.807, 2.05) is 35.9 Å². The molecule has 10 heteroatoms. The number of thiophene rings is 1. The number of carbonyl (C=O) groups is 1. The molecule has 0 bridgehead atoms. The summed E-state index contributed by atoms with van der Waals surface area (Å²) in [5.74, 6) is 2.29. The second kappa shape index (κ2) is 7.79. The van der Waals surface area contributed by atoms with Crippen molar-refractivity contribution in [3.05, 3.63) is 29.2 Å². The van der Waals surface area contributed by atoms with E-state index in [0.717, 1.165) is 10.7 Å². The van der Waals surface area contributed by atoms with Crippen molar-refractivity contribution in [2.45, 2.75) is 43.6 Å². The van der Waals surface area contributed by atoms with E-state index in [2.05, 4.69) is 20.3 Å². The molecule has 25 heavy (non-hydrogen) atoms. The smallest absolute Gasteiger partial charge is 0.237 e. The lowest BCUT2D eigenvalue weighted by atomic mass is 10.2. The van der Waals surface area contributed by atoms with Gasteiger partial charge in [0.2, 0.25) is 11.8 Å². The van der Waals surface area contributed by atoms with Crippen LogP contribution in [0.4, 0.5) is 0 Å². The number of hydrogen-bond acceptors (Lipinski definition) is 8. The topological polar surface area (TPSA) is 113 Å². The SMILES string of the molecule is CC(C)c1noc(CSc2nnc(-c3cccs3)n2CCC(N)=O)n1. The first-order chi connectivity index (χ1) is 12.0. The molecule has 0 aliphatic heterocycles. The lowest BCUT2D eigenvalue weighted by Gasteiger charge is -2.07. The maximum absolute atomic E-state index is 11.2. The quantitative estimate of drug-likeness (QED) is 0.600. The molecule has 0 fully saturated rings. The van der Waals surface area contributed by atoms with Gasteiger partial charge in [0.15, 0.2) is 16.8 Å². The van der Waals surface area contributed by atoms with Crippen LogP contribution in [0.2, 0.25) is 0 Å². The van der Waals surface area contributed by atoms with E-state index < -0.39 is 0 Å². The second-order valence-electron chi connectivity index (χ2n) is 5.64. The molecule has 0 saturated carbocycles. The van der Waals surface area contributed by atoms with Crippen molar-refractivity contribution in [2.75, 3.05) is 0 Å². The van der Waals surface area contributed by atoms with Gasteiger partial charge < -0.3 is 14.8 Å². The molecule has 0 unspecified atom stereocenters. The van der Waals surface area contributed by atoms with Crippen LogP contribution in [-0.4, -0.2) is 30.8 Å². The molecule has 3 rings (SSSR count). The lowest BCUT2D eigenvalue weighted by Crippen LogP contribution is -2.14. The van der Waals surface area contributed by atoms with Crippen molar-refractivity contribution in [3.8, 4) is 10.7 Å². The van der Waals surface area contributed by atoms with Crippen LogP contribution in [0.3, 0.4) is 0 Å². The third-order valence-electron chi connectivity index (χ3n) is 3.37. The number of carbonyl (C=O) groups excluding carboxylic acids is 1. The average molecular weight is 378 g/mol. The molecule has 0 aliphatic rings. The van der Waals surface area contributed by atoms with Crippen molar-refractivity contribution < 1.29 is 9.32 Å². The summed E-state index contributed by atoms with van der Waals surface area (Å²) in [6, 6.07) is 3.92. The van der Waals surface area contributed by atoms with E-state index >= 15 is 0 Å². The zero-order chi connectivity index (χ0) is 17.8. The Morgan fingerprint density at radius 1 is 1.44 bits per heavy atom. The first-order valence-corrected chi connectivity index (χ1v) is 9.61. The van der Waals surface area contributed by atoms with E-state index in [9.17, 15) is 4.79 Å². The van der Waals surface area contributed by atoms with Crippen LogP contribution < -0.4 is 5.73 Å². The molecule has 3 heterocycles. The van der Waals surface area contributed by atoms with Crippen molar-refractivity contribution in [2.24, 2.45) is 5.73 Å². The largest absolute Gasteiger partial charge is 0.370 e. The molecule has 8 nitrogen and oxygen atoms in total. The minimum absolute atomic E-state index is 0.215. The summed E-state index contributed by atoms with van der Waals surface area (Å²) in [6.45, 7) is 4.45. The first kappa shape index (κ1) is 17.6. The number of aromatic nitrogens is 5. The van der Waals surface area contributed by atoms with Crippen LogP contribution in [0.5, 0.6) is 0 Å². The Hall–Kier alpha value is -2.20. The summed E-state index contributed by atoms with van der Waals surface area (Å²) in [5, 5.41) is 15.1. The van der Waals surface area contributed by atoms with Crippen molar-refractivity contribution in [1.29, 1.82) is 0 Å². The minimum Gasteiger partial charge on any atom is -0.370 e. The molecule has 132 valence electrons. The van der Waals surface area contributed by atoms with E-state index in [0.29, 0.717) is 29.2 Å². The van der Waals surface area contributed by atoms with E-state index in [4.69, 9.17) is 10.3 Å². The summed E-state index contributed by atoms with van der Waals surface area (Å²) in [5.41, 5.74) is 5.29. The zero-order valence-corrected chi connectivity index (χ0v) is 15.5. The van der Waals surface area contributed by atoms with Crippen molar-refractivity contribution in [1.82, 2.24) is 24.9 Å². The highest BCUT2D eigenvalue weighted by Gasteiger charge is 2.17. The van der Waals surface area contributed by atoms with E-state index in [1.165, 1.54) is 11.8 Å². The molecule has 3 aromatic heterocycles. The normalized spacial score (nSPS) is 11.3.